The zero-order valence-electron chi connectivity index (χ0n) is 9.97. The predicted octanol–water partition coefficient (Wildman–Crippen LogP) is 2.46. The molecule has 4 heteroatoms. The summed E-state index contributed by atoms with van der Waals surface area (Å²) >= 11 is 3.56. The van der Waals surface area contributed by atoms with E-state index in [-0.39, 0.29) is 5.41 Å². The molecule has 0 atom stereocenters. The molecule has 0 amide bonds. The molecule has 0 fully saturated rings. The molecule has 1 heterocycles. The maximum Gasteiger partial charge on any atom is 0.0635 e. The number of hydrogen-bond donors (Lipinski definition) is 1. The lowest BCUT2D eigenvalue weighted by atomic mass is 9.85. The first-order valence-electron chi connectivity index (χ1n) is 5.37. The normalized spacial score (nSPS) is 12.1. The zero-order valence-corrected chi connectivity index (χ0v) is 11.6. The van der Waals surface area contributed by atoms with Crippen molar-refractivity contribution in [3.63, 3.8) is 0 Å². The maximum absolute atomic E-state index is 4.26. The van der Waals surface area contributed by atoms with Crippen molar-refractivity contribution in [2.75, 3.05) is 13.1 Å². The van der Waals surface area contributed by atoms with E-state index in [0.717, 1.165) is 24.0 Å². The lowest BCUT2D eigenvalue weighted by Crippen LogP contribution is -2.27. The fourth-order valence-electron chi connectivity index (χ4n) is 1.87. The van der Waals surface area contributed by atoms with Crippen molar-refractivity contribution in [3.8, 4) is 0 Å². The van der Waals surface area contributed by atoms with Gasteiger partial charge in [0.2, 0.25) is 0 Å². The van der Waals surface area contributed by atoms with E-state index < -0.39 is 0 Å². The number of aryl methyl sites for hydroxylation is 1. The van der Waals surface area contributed by atoms with Crippen LogP contribution in [0.3, 0.4) is 0 Å². The number of aromatic nitrogens is 2. The Bertz CT molecular complexity index is 298. The Morgan fingerprint density at radius 1 is 1.53 bits per heavy atom. The van der Waals surface area contributed by atoms with Crippen molar-refractivity contribution in [1.29, 1.82) is 0 Å². The summed E-state index contributed by atoms with van der Waals surface area (Å²) < 4.78 is 3.06. The van der Waals surface area contributed by atoms with Crippen molar-refractivity contribution in [2.24, 2.45) is 7.05 Å². The molecular formula is C11H20BrN3. The lowest BCUT2D eigenvalue weighted by molar-refractivity contribution is 0.427. The van der Waals surface area contributed by atoms with Crippen molar-refractivity contribution in [1.82, 2.24) is 15.1 Å². The first kappa shape index (κ1) is 12.7. The van der Waals surface area contributed by atoms with Crippen LogP contribution in [0.1, 0.15) is 32.9 Å². The third-order valence-corrected chi connectivity index (χ3v) is 3.29. The van der Waals surface area contributed by atoms with Crippen LogP contribution in [-0.4, -0.2) is 22.9 Å². The van der Waals surface area contributed by atoms with Gasteiger partial charge >= 0.3 is 0 Å². The Kier molecular flexibility index (Phi) is 4.34. The van der Waals surface area contributed by atoms with Crippen molar-refractivity contribution in [2.45, 2.75) is 32.6 Å². The molecule has 0 aromatic carbocycles. The highest BCUT2D eigenvalue weighted by Gasteiger charge is 2.26. The molecule has 0 spiro atoms. The van der Waals surface area contributed by atoms with E-state index in [1.54, 1.807) is 0 Å². The van der Waals surface area contributed by atoms with Gasteiger partial charge in [-0.25, -0.2) is 0 Å². The van der Waals surface area contributed by atoms with Crippen LogP contribution in [0.15, 0.2) is 10.7 Å². The van der Waals surface area contributed by atoms with E-state index in [9.17, 15) is 0 Å². The smallest absolute Gasteiger partial charge is 0.0635 e. The molecule has 0 saturated heterocycles. The lowest BCUT2D eigenvalue weighted by Gasteiger charge is -2.25. The fourth-order valence-corrected chi connectivity index (χ4v) is 2.75. The molecule has 0 aliphatic carbocycles. The first-order chi connectivity index (χ1) is 6.99. The molecule has 0 saturated carbocycles. The summed E-state index contributed by atoms with van der Waals surface area (Å²) in [5, 5.41) is 7.62. The standard InChI is InChI=1S/C11H20BrN3/c1-5-13-7-6-11(2,3)10-9(12)8-14-15(10)4/h8,13H,5-7H2,1-4H3. The second-order valence-corrected chi connectivity index (χ2v) is 5.31. The summed E-state index contributed by atoms with van der Waals surface area (Å²) in [6.45, 7) is 8.72. The van der Waals surface area contributed by atoms with Gasteiger partial charge in [-0.1, -0.05) is 20.8 Å². The molecule has 86 valence electrons. The molecule has 1 aromatic rings. The van der Waals surface area contributed by atoms with Gasteiger partial charge in [0, 0.05) is 12.5 Å². The van der Waals surface area contributed by atoms with Crippen LogP contribution < -0.4 is 5.32 Å². The predicted molar refractivity (Wildman–Crippen MR) is 67.1 cm³/mol. The number of hydrogen-bond acceptors (Lipinski definition) is 2. The second-order valence-electron chi connectivity index (χ2n) is 4.45. The van der Waals surface area contributed by atoms with Gasteiger partial charge in [0.1, 0.15) is 0 Å². The third kappa shape index (κ3) is 3.05. The highest BCUT2D eigenvalue weighted by Crippen LogP contribution is 2.31. The van der Waals surface area contributed by atoms with Crippen molar-refractivity contribution >= 4 is 15.9 Å². The fraction of sp³-hybridized carbons (Fsp3) is 0.727. The van der Waals surface area contributed by atoms with Gasteiger partial charge in [0.15, 0.2) is 0 Å². The van der Waals surface area contributed by atoms with Gasteiger partial charge in [-0.2, -0.15) is 5.10 Å². The SMILES string of the molecule is CCNCCC(C)(C)c1c(Br)cnn1C. The van der Waals surface area contributed by atoms with Crippen LogP contribution in [0.2, 0.25) is 0 Å². The monoisotopic (exact) mass is 273 g/mol. The Labute approximate surface area is 100 Å². The second kappa shape index (κ2) is 5.12. The van der Waals surface area contributed by atoms with Gasteiger partial charge in [0.25, 0.3) is 0 Å². The van der Waals surface area contributed by atoms with Crippen LogP contribution in [-0.2, 0) is 12.5 Å². The van der Waals surface area contributed by atoms with Crippen LogP contribution in [0.4, 0.5) is 0 Å². The van der Waals surface area contributed by atoms with E-state index in [0.29, 0.717) is 0 Å². The minimum Gasteiger partial charge on any atom is -0.317 e. The van der Waals surface area contributed by atoms with Gasteiger partial charge in [-0.05, 0) is 35.4 Å². The highest BCUT2D eigenvalue weighted by atomic mass is 79.9. The van der Waals surface area contributed by atoms with Crippen LogP contribution in [0, 0.1) is 0 Å². The Morgan fingerprint density at radius 3 is 2.67 bits per heavy atom. The largest absolute Gasteiger partial charge is 0.317 e. The molecule has 0 unspecified atom stereocenters. The van der Waals surface area contributed by atoms with Gasteiger partial charge in [-0.15, -0.1) is 0 Å². The van der Waals surface area contributed by atoms with E-state index in [4.69, 9.17) is 0 Å². The molecule has 1 N–H and O–H groups in total. The van der Waals surface area contributed by atoms with Gasteiger partial charge in [0.05, 0.1) is 16.4 Å². The minimum absolute atomic E-state index is 0.145. The van der Waals surface area contributed by atoms with Gasteiger partial charge in [-0.3, -0.25) is 4.68 Å². The summed E-state index contributed by atoms with van der Waals surface area (Å²) in [5.74, 6) is 0. The summed E-state index contributed by atoms with van der Waals surface area (Å²) in [6, 6.07) is 0. The van der Waals surface area contributed by atoms with E-state index in [2.05, 4.69) is 47.1 Å². The summed E-state index contributed by atoms with van der Waals surface area (Å²) in [7, 11) is 2.00. The number of rotatable bonds is 5. The summed E-state index contributed by atoms with van der Waals surface area (Å²) in [5.41, 5.74) is 1.41. The van der Waals surface area contributed by atoms with E-state index >= 15 is 0 Å². The van der Waals surface area contributed by atoms with E-state index in [1.807, 2.05) is 17.9 Å². The quantitative estimate of drug-likeness (QED) is 0.836. The molecule has 0 aliphatic heterocycles. The molecule has 0 aliphatic rings. The Morgan fingerprint density at radius 2 is 2.20 bits per heavy atom. The van der Waals surface area contributed by atoms with Crippen LogP contribution in [0.5, 0.6) is 0 Å². The highest BCUT2D eigenvalue weighted by molar-refractivity contribution is 9.10. The van der Waals surface area contributed by atoms with Crippen molar-refractivity contribution in [3.05, 3.63) is 16.4 Å². The topological polar surface area (TPSA) is 29.9 Å². The number of nitrogens with one attached hydrogen (secondary N) is 1. The third-order valence-electron chi connectivity index (χ3n) is 2.71. The number of nitrogens with zero attached hydrogens (tertiary/aromatic N) is 2. The van der Waals surface area contributed by atoms with Crippen LogP contribution in [0.25, 0.3) is 0 Å². The van der Waals surface area contributed by atoms with Crippen LogP contribution >= 0.6 is 15.9 Å². The molecule has 0 bridgehead atoms. The summed E-state index contributed by atoms with van der Waals surface area (Å²) in [6.07, 6.45) is 2.98. The average Bonchev–Trinajstić information content (AvgIpc) is 2.46. The molecule has 1 rings (SSSR count). The summed E-state index contributed by atoms with van der Waals surface area (Å²) in [4.78, 5) is 0. The molecule has 1 aromatic heterocycles. The number of halogens is 1. The van der Waals surface area contributed by atoms with Crippen molar-refractivity contribution < 1.29 is 0 Å². The minimum atomic E-state index is 0.145. The zero-order chi connectivity index (χ0) is 11.5. The average molecular weight is 274 g/mol. The molecule has 3 nitrogen and oxygen atoms in total. The Balaban J connectivity index is 2.76. The van der Waals surface area contributed by atoms with Gasteiger partial charge < -0.3 is 5.32 Å². The Hall–Kier alpha value is -0.350. The first-order valence-corrected chi connectivity index (χ1v) is 6.17. The van der Waals surface area contributed by atoms with E-state index in [1.165, 1.54) is 5.69 Å². The molecule has 0 radical (unpaired) electrons. The molecule has 15 heavy (non-hydrogen) atoms. The maximum atomic E-state index is 4.26. The molecular weight excluding hydrogens is 254 g/mol.